The molecular formula is C10H15N5O3. The third-order valence-corrected chi connectivity index (χ3v) is 3.04. The predicted octanol–water partition coefficient (Wildman–Crippen LogP) is 0.0940. The molecule has 0 aromatic carbocycles. The number of anilines is 2. The third-order valence-electron chi connectivity index (χ3n) is 3.04. The number of nitro groups is 1. The molecule has 8 nitrogen and oxygen atoms in total. The molecule has 0 amide bonds. The van der Waals surface area contributed by atoms with Gasteiger partial charge in [-0.05, 0) is 12.5 Å². The quantitative estimate of drug-likeness (QED) is 0.395. The fraction of sp³-hybridized carbons (Fsp3) is 0.500. The Morgan fingerprint density at radius 1 is 1.67 bits per heavy atom. The van der Waals surface area contributed by atoms with E-state index in [9.17, 15) is 10.1 Å². The van der Waals surface area contributed by atoms with Gasteiger partial charge in [-0.2, -0.15) is 0 Å². The van der Waals surface area contributed by atoms with Gasteiger partial charge in [-0.1, -0.05) is 0 Å². The Hall–Kier alpha value is -1.93. The van der Waals surface area contributed by atoms with E-state index >= 15 is 0 Å². The number of aliphatic hydroxyl groups excluding tert-OH is 1. The van der Waals surface area contributed by atoms with Gasteiger partial charge in [0.2, 0.25) is 5.82 Å². The van der Waals surface area contributed by atoms with E-state index in [1.165, 1.54) is 12.1 Å². The molecule has 4 N–H and O–H groups in total. The molecule has 1 aromatic heterocycles. The fourth-order valence-corrected chi connectivity index (χ4v) is 2.07. The molecule has 2 rings (SSSR count). The van der Waals surface area contributed by atoms with Crippen LogP contribution in [-0.2, 0) is 0 Å². The molecule has 1 aliphatic heterocycles. The highest BCUT2D eigenvalue weighted by Gasteiger charge is 2.28. The van der Waals surface area contributed by atoms with Crippen LogP contribution in [0.25, 0.3) is 0 Å². The second-order valence-electron chi connectivity index (χ2n) is 4.22. The Balaban J connectivity index is 2.32. The van der Waals surface area contributed by atoms with Gasteiger partial charge < -0.3 is 15.4 Å². The second-order valence-corrected chi connectivity index (χ2v) is 4.22. The van der Waals surface area contributed by atoms with Crippen molar-refractivity contribution in [1.29, 1.82) is 0 Å². The molecular weight excluding hydrogens is 238 g/mol. The molecule has 1 unspecified atom stereocenters. The van der Waals surface area contributed by atoms with Crippen LogP contribution in [0.2, 0.25) is 0 Å². The number of hydrogen-bond donors (Lipinski definition) is 3. The molecule has 8 heteroatoms. The molecule has 0 bridgehead atoms. The Morgan fingerprint density at radius 3 is 3.00 bits per heavy atom. The predicted molar refractivity (Wildman–Crippen MR) is 66.1 cm³/mol. The van der Waals surface area contributed by atoms with Crippen LogP contribution in [0.1, 0.15) is 6.42 Å². The molecule has 0 aliphatic carbocycles. The molecule has 1 saturated heterocycles. The molecule has 98 valence electrons. The number of aliphatic hydroxyl groups is 1. The highest BCUT2D eigenvalue weighted by atomic mass is 16.6. The smallest absolute Gasteiger partial charge is 0.311 e. The zero-order chi connectivity index (χ0) is 13.1. The van der Waals surface area contributed by atoms with Gasteiger partial charge in [-0.15, -0.1) is 0 Å². The molecule has 1 fully saturated rings. The summed E-state index contributed by atoms with van der Waals surface area (Å²) in [5.74, 6) is 6.07. The van der Waals surface area contributed by atoms with E-state index in [-0.39, 0.29) is 18.2 Å². The van der Waals surface area contributed by atoms with Gasteiger partial charge in [-0.3, -0.25) is 10.1 Å². The van der Waals surface area contributed by atoms with Gasteiger partial charge >= 0.3 is 5.69 Å². The van der Waals surface area contributed by atoms with E-state index in [2.05, 4.69) is 10.4 Å². The summed E-state index contributed by atoms with van der Waals surface area (Å²) in [6, 6.07) is 2.84. The van der Waals surface area contributed by atoms with Gasteiger partial charge in [-0.25, -0.2) is 10.8 Å². The Labute approximate surface area is 104 Å². The van der Waals surface area contributed by atoms with Crippen LogP contribution in [0.3, 0.4) is 0 Å². The van der Waals surface area contributed by atoms with Crippen molar-refractivity contribution in [2.75, 3.05) is 30.0 Å². The maximum atomic E-state index is 11.0. The first kappa shape index (κ1) is 12.5. The maximum absolute atomic E-state index is 11.0. The number of rotatable bonds is 4. The summed E-state index contributed by atoms with van der Waals surface area (Å²) in [6.07, 6.45) is 0.801. The van der Waals surface area contributed by atoms with Crippen LogP contribution in [0.4, 0.5) is 17.3 Å². The lowest BCUT2D eigenvalue weighted by atomic mass is 10.1. The van der Waals surface area contributed by atoms with Crippen molar-refractivity contribution in [1.82, 2.24) is 4.98 Å². The van der Waals surface area contributed by atoms with Gasteiger partial charge in [0.05, 0.1) is 4.92 Å². The summed E-state index contributed by atoms with van der Waals surface area (Å²) >= 11 is 0. The highest BCUT2D eigenvalue weighted by molar-refractivity contribution is 5.62. The van der Waals surface area contributed by atoms with E-state index < -0.39 is 4.92 Å². The number of hydrogen-bond acceptors (Lipinski definition) is 7. The number of nitrogens with two attached hydrogens (primary N) is 1. The Bertz CT molecular complexity index is 453. The number of nitrogens with zero attached hydrogens (tertiary/aromatic N) is 3. The first-order valence-electron chi connectivity index (χ1n) is 5.63. The maximum Gasteiger partial charge on any atom is 0.311 e. The number of aromatic nitrogens is 1. The summed E-state index contributed by atoms with van der Waals surface area (Å²) in [7, 11) is 0. The van der Waals surface area contributed by atoms with E-state index in [1.54, 1.807) is 4.90 Å². The van der Waals surface area contributed by atoms with Crippen molar-refractivity contribution in [3.8, 4) is 0 Å². The van der Waals surface area contributed by atoms with E-state index in [0.717, 1.165) is 6.42 Å². The standard InChI is InChI=1S/C10H15N5O3/c11-13-9-2-1-8(15(17)18)10(12-9)14-4-3-7(5-14)6-16/h1-2,7,16H,3-6,11H2,(H,12,13). The topological polar surface area (TPSA) is 118 Å². The van der Waals surface area contributed by atoms with Crippen molar-refractivity contribution in [3.05, 3.63) is 22.2 Å². The summed E-state index contributed by atoms with van der Waals surface area (Å²) in [5.41, 5.74) is 2.32. The molecule has 1 aliphatic rings. The molecule has 0 spiro atoms. The normalized spacial score (nSPS) is 19.0. The molecule has 18 heavy (non-hydrogen) atoms. The number of hydrazine groups is 1. The van der Waals surface area contributed by atoms with Gasteiger partial charge in [0.15, 0.2) is 0 Å². The van der Waals surface area contributed by atoms with Crippen LogP contribution in [0, 0.1) is 16.0 Å². The van der Waals surface area contributed by atoms with Crippen molar-refractivity contribution in [2.45, 2.75) is 6.42 Å². The van der Waals surface area contributed by atoms with Crippen LogP contribution >= 0.6 is 0 Å². The van der Waals surface area contributed by atoms with Crippen LogP contribution < -0.4 is 16.2 Å². The van der Waals surface area contributed by atoms with Gasteiger partial charge in [0.1, 0.15) is 5.82 Å². The minimum Gasteiger partial charge on any atom is -0.396 e. The van der Waals surface area contributed by atoms with E-state index in [4.69, 9.17) is 10.9 Å². The third kappa shape index (κ3) is 2.34. The van der Waals surface area contributed by atoms with Gasteiger partial charge in [0, 0.05) is 31.7 Å². The molecule has 0 saturated carbocycles. The monoisotopic (exact) mass is 253 g/mol. The largest absolute Gasteiger partial charge is 0.396 e. The van der Waals surface area contributed by atoms with Crippen molar-refractivity contribution in [2.24, 2.45) is 11.8 Å². The highest BCUT2D eigenvalue weighted by Crippen LogP contribution is 2.31. The molecule has 1 atom stereocenters. The van der Waals surface area contributed by atoms with Crippen LogP contribution in [0.5, 0.6) is 0 Å². The average Bonchev–Trinajstić information content (AvgIpc) is 2.86. The molecule has 2 heterocycles. The summed E-state index contributed by atoms with van der Waals surface area (Å²) in [4.78, 5) is 16.4. The lowest BCUT2D eigenvalue weighted by Gasteiger charge is -2.17. The molecule has 0 radical (unpaired) electrons. The zero-order valence-electron chi connectivity index (χ0n) is 9.74. The number of nitrogens with one attached hydrogen (secondary N) is 1. The lowest BCUT2D eigenvalue weighted by Crippen LogP contribution is -2.23. The first-order chi connectivity index (χ1) is 8.65. The Kier molecular flexibility index (Phi) is 3.58. The first-order valence-corrected chi connectivity index (χ1v) is 5.63. The number of pyridine rings is 1. The lowest BCUT2D eigenvalue weighted by molar-refractivity contribution is -0.384. The van der Waals surface area contributed by atoms with Crippen molar-refractivity contribution >= 4 is 17.3 Å². The summed E-state index contributed by atoms with van der Waals surface area (Å²) in [5, 5.41) is 20.1. The zero-order valence-corrected chi connectivity index (χ0v) is 9.74. The van der Waals surface area contributed by atoms with Crippen LogP contribution in [0.15, 0.2) is 12.1 Å². The second kappa shape index (κ2) is 5.15. The Morgan fingerprint density at radius 2 is 2.44 bits per heavy atom. The number of nitrogen functional groups attached to an aromatic ring is 1. The average molecular weight is 253 g/mol. The molecule has 1 aromatic rings. The fourth-order valence-electron chi connectivity index (χ4n) is 2.07. The van der Waals surface area contributed by atoms with Crippen molar-refractivity contribution < 1.29 is 10.0 Å². The van der Waals surface area contributed by atoms with Crippen LogP contribution in [-0.4, -0.2) is 34.7 Å². The van der Waals surface area contributed by atoms with E-state index in [1.807, 2.05) is 0 Å². The summed E-state index contributed by atoms with van der Waals surface area (Å²) < 4.78 is 0. The SMILES string of the molecule is NNc1ccc([N+](=O)[O-])c(N2CCC(CO)C2)n1. The van der Waals surface area contributed by atoms with Crippen molar-refractivity contribution in [3.63, 3.8) is 0 Å². The minimum absolute atomic E-state index is 0.0485. The van der Waals surface area contributed by atoms with Gasteiger partial charge in [0.25, 0.3) is 0 Å². The minimum atomic E-state index is -0.463. The van der Waals surface area contributed by atoms with E-state index in [0.29, 0.717) is 24.7 Å². The summed E-state index contributed by atoms with van der Waals surface area (Å²) in [6.45, 7) is 1.30.